The number of phenolic OH excluding ortho intramolecular Hbond substituents is 1. The van der Waals surface area contributed by atoms with Crippen LogP contribution in [0.3, 0.4) is 0 Å². The molecular weight excluding hydrogens is 334 g/mol. The van der Waals surface area contributed by atoms with Crippen LogP contribution in [0.15, 0.2) is 24.3 Å². The van der Waals surface area contributed by atoms with E-state index in [0.29, 0.717) is 13.0 Å². The summed E-state index contributed by atoms with van der Waals surface area (Å²) in [6, 6.07) is 6.33. The molecule has 6 heteroatoms. The number of para-hydroxylation sites is 1. The topological polar surface area (TPSA) is 95.9 Å². The van der Waals surface area contributed by atoms with Crippen LogP contribution in [0.5, 0.6) is 5.75 Å². The molecule has 0 radical (unpaired) electrons. The quantitative estimate of drug-likeness (QED) is 0.547. The number of aliphatic hydroxyl groups excluding tert-OH is 1. The van der Waals surface area contributed by atoms with Crippen LogP contribution in [0, 0.1) is 0 Å². The minimum atomic E-state index is -1.27. The molecule has 1 aromatic rings. The van der Waals surface area contributed by atoms with Gasteiger partial charge in [-0.05, 0) is 39.7 Å². The SMILES string of the molecule is CC(C)(C)OC(=O)NCCCCCCCC(=O)C(O)c1ccccc1O. The summed E-state index contributed by atoms with van der Waals surface area (Å²) in [6.45, 7) is 6.04. The second kappa shape index (κ2) is 10.8. The Balaban J connectivity index is 2.09. The number of aromatic hydroxyl groups is 1. The Morgan fingerprint density at radius 1 is 1.08 bits per heavy atom. The average molecular weight is 365 g/mol. The Bertz CT molecular complexity index is 580. The van der Waals surface area contributed by atoms with Crippen LogP contribution < -0.4 is 5.32 Å². The molecule has 0 saturated heterocycles. The predicted molar refractivity (Wildman–Crippen MR) is 100 cm³/mol. The lowest BCUT2D eigenvalue weighted by Crippen LogP contribution is -2.32. The molecule has 26 heavy (non-hydrogen) atoms. The number of alkyl carbamates (subject to hydrolysis) is 1. The highest BCUT2D eigenvalue weighted by atomic mass is 16.6. The fourth-order valence-electron chi connectivity index (χ4n) is 2.49. The molecule has 0 spiro atoms. The lowest BCUT2D eigenvalue weighted by Gasteiger charge is -2.19. The molecule has 1 amide bonds. The van der Waals surface area contributed by atoms with Crippen LogP contribution in [0.25, 0.3) is 0 Å². The lowest BCUT2D eigenvalue weighted by atomic mass is 10.00. The van der Waals surface area contributed by atoms with E-state index in [4.69, 9.17) is 4.74 Å². The summed E-state index contributed by atoms with van der Waals surface area (Å²) >= 11 is 0. The van der Waals surface area contributed by atoms with Gasteiger partial charge in [0.2, 0.25) is 0 Å². The molecule has 0 aromatic heterocycles. The first kappa shape index (κ1) is 22.0. The van der Waals surface area contributed by atoms with Crippen LogP contribution in [-0.4, -0.2) is 34.2 Å². The molecule has 1 unspecified atom stereocenters. The number of amides is 1. The Hall–Kier alpha value is -2.08. The largest absolute Gasteiger partial charge is 0.508 e. The number of rotatable bonds is 10. The molecule has 1 rings (SSSR count). The van der Waals surface area contributed by atoms with Gasteiger partial charge in [-0.3, -0.25) is 4.79 Å². The summed E-state index contributed by atoms with van der Waals surface area (Å²) in [5, 5.41) is 22.4. The van der Waals surface area contributed by atoms with Crippen molar-refractivity contribution in [2.75, 3.05) is 6.54 Å². The van der Waals surface area contributed by atoms with Crippen molar-refractivity contribution in [2.45, 2.75) is 71.0 Å². The second-order valence-corrected chi connectivity index (χ2v) is 7.37. The predicted octanol–water partition coefficient (Wildman–Crippen LogP) is 3.86. The number of carbonyl (C=O) groups excluding carboxylic acids is 2. The van der Waals surface area contributed by atoms with Gasteiger partial charge in [0, 0.05) is 18.5 Å². The molecule has 0 aliphatic carbocycles. The first-order chi connectivity index (χ1) is 12.2. The molecule has 3 N–H and O–H groups in total. The van der Waals surface area contributed by atoms with Crippen LogP contribution in [0.4, 0.5) is 4.79 Å². The first-order valence-corrected chi connectivity index (χ1v) is 9.16. The van der Waals surface area contributed by atoms with Crippen molar-refractivity contribution >= 4 is 11.9 Å². The molecule has 0 heterocycles. The monoisotopic (exact) mass is 365 g/mol. The van der Waals surface area contributed by atoms with Gasteiger partial charge in [-0.2, -0.15) is 0 Å². The van der Waals surface area contributed by atoms with Gasteiger partial charge in [0.15, 0.2) is 5.78 Å². The summed E-state index contributed by atoms with van der Waals surface area (Å²) in [4.78, 5) is 23.5. The number of nitrogens with one attached hydrogen (secondary N) is 1. The number of ether oxygens (including phenoxy) is 1. The molecular formula is C20H31NO5. The number of ketones is 1. The van der Waals surface area contributed by atoms with Crippen molar-refractivity contribution in [1.82, 2.24) is 5.32 Å². The number of aliphatic hydroxyl groups is 1. The highest BCUT2D eigenvalue weighted by Gasteiger charge is 2.19. The maximum Gasteiger partial charge on any atom is 0.407 e. The fraction of sp³-hybridized carbons (Fsp3) is 0.600. The highest BCUT2D eigenvalue weighted by molar-refractivity contribution is 5.84. The second-order valence-electron chi connectivity index (χ2n) is 7.37. The van der Waals surface area contributed by atoms with E-state index in [9.17, 15) is 19.8 Å². The zero-order chi connectivity index (χ0) is 19.6. The van der Waals surface area contributed by atoms with E-state index < -0.39 is 17.8 Å². The van der Waals surface area contributed by atoms with Crippen LogP contribution in [0.1, 0.15) is 71.0 Å². The number of phenols is 1. The third-order valence-electron chi connectivity index (χ3n) is 3.80. The molecule has 1 atom stereocenters. The normalized spacial score (nSPS) is 12.5. The maximum absolute atomic E-state index is 12.0. The zero-order valence-corrected chi connectivity index (χ0v) is 16.0. The van der Waals surface area contributed by atoms with Crippen molar-refractivity contribution in [1.29, 1.82) is 0 Å². The van der Waals surface area contributed by atoms with Crippen LogP contribution in [-0.2, 0) is 9.53 Å². The van der Waals surface area contributed by atoms with Crippen LogP contribution in [0.2, 0.25) is 0 Å². The van der Waals surface area contributed by atoms with Crippen molar-refractivity contribution in [3.8, 4) is 5.75 Å². The number of Topliss-reactive ketones (excluding diaryl/α,β-unsaturated/α-hetero) is 1. The van der Waals surface area contributed by atoms with E-state index in [1.165, 1.54) is 6.07 Å². The third kappa shape index (κ3) is 8.85. The van der Waals surface area contributed by atoms with Gasteiger partial charge in [-0.25, -0.2) is 4.79 Å². The van der Waals surface area contributed by atoms with Crippen molar-refractivity contribution in [2.24, 2.45) is 0 Å². The van der Waals surface area contributed by atoms with Gasteiger partial charge in [0.1, 0.15) is 17.5 Å². The molecule has 0 fully saturated rings. The lowest BCUT2D eigenvalue weighted by molar-refractivity contribution is -0.127. The summed E-state index contributed by atoms with van der Waals surface area (Å²) in [7, 11) is 0. The Kier molecular flexibility index (Phi) is 9.13. The minimum Gasteiger partial charge on any atom is -0.508 e. The van der Waals surface area contributed by atoms with E-state index in [2.05, 4.69) is 5.32 Å². The average Bonchev–Trinajstić information content (AvgIpc) is 2.55. The standard InChI is InChI=1S/C20H31NO5/c1-20(2,3)26-19(25)21-14-10-6-4-5-7-13-17(23)18(24)15-11-8-9-12-16(15)22/h8-9,11-12,18,22,24H,4-7,10,13-14H2,1-3H3,(H,21,25). The zero-order valence-electron chi connectivity index (χ0n) is 16.0. The van der Waals surface area contributed by atoms with Gasteiger partial charge < -0.3 is 20.3 Å². The number of benzene rings is 1. The van der Waals surface area contributed by atoms with Gasteiger partial charge in [0.05, 0.1) is 0 Å². The van der Waals surface area contributed by atoms with Crippen LogP contribution >= 0.6 is 0 Å². The Morgan fingerprint density at radius 2 is 1.69 bits per heavy atom. The molecule has 146 valence electrons. The highest BCUT2D eigenvalue weighted by Crippen LogP contribution is 2.25. The molecule has 0 bridgehead atoms. The number of unbranched alkanes of at least 4 members (excludes halogenated alkanes) is 4. The summed E-state index contributed by atoms with van der Waals surface area (Å²) in [5.41, 5.74) is -0.233. The van der Waals surface area contributed by atoms with Crippen molar-refractivity contribution in [3.63, 3.8) is 0 Å². The fourth-order valence-corrected chi connectivity index (χ4v) is 2.49. The maximum atomic E-state index is 12.0. The smallest absolute Gasteiger partial charge is 0.407 e. The minimum absolute atomic E-state index is 0.0640. The number of hydrogen-bond donors (Lipinski definition) is 3. The van der Waals surface area contributed by atoms with Gasteiger partial charge in [-0.15, -0.1) is 0 Å². The van der Waals surface area contributed by atoms with E-state index >= 15 is 0 Å². The molecule has 6 nitrogen and oxygen atoms in total. The summed E-state index contributed by atoms with van der Waals surface area (Å²) < 4.78 is 5.15. The van der Waals surface area contributed by atoms with Crippen molar-refractivity contribution in [3.05, 3.63) is 29.8 Å². The first-order valence-electron chi connectivity index (χ1n) is 9.16. The Morgan fingerprint density at radius 3 is 2.35 bits per heavy atom. The number of carbonyl (C=O) groups is 2. The summed E-state index contributed by atoms with van der Waals surface area (Å²) in [6.07, 6.45) is 2.95. The van der Waals surface area contributed by atoms with E-state index in [1.54, 1.807) is 18.2 Å². The number of hydrogen-bond acceptors (Lipinski definition) is 5. The van der Waals surface area contributed by atoms with E-state index in [1.807, 2.05) is 20.8 Å². The molecule has 0 aliphatic rings. The molecule has 0 aliphatic heterocycles. The van der Waals surface area contributed by atoms with Gasteiger partial charge in [0.25, 0.3) is 0 Å². The van der Waals surface area contributed by atoms with E-state index in [0.717, 1.165) is 25.7 Å². The molecule has 0 saturated carbocycles. The third-order valence-corrected chi connectivity index (χ3v) is 3.80. The van der Waals surface area contributed by atoms with E-state index in [-0.39, 0.29) is 23.5 Å². The summed E-state index contributed by atoms with van der Waals surface area (Å²) in [5.74, 6) is -0.344. The Labute approximate surface area is 155 Å². The molecule has 1 aromatic carbocycles. The van der Waals surface area contributed by atoms with Crippen molar-refractivity contribution < 1.29 is 24.5 Å². The van der Waals surface area contributed by atoms with Gasteiger partial charge in [-0.1, -0.05) is 37.5 Å². The van der Waals surface area contributed by atoms with Gasteiger partial charge >= 0.3 is 6.09 Å².